The number of amides is 2. The molecule has 0 saturated carbocycles. The lowest BCUT2D eigenvalue weighted by Crippen LogP contribution is -3.06. The van der Waals surface area contributed by atoms with Crippen LogP contribution in [-0.4, -0.2) is 56.9 Å². The maximum Gasteiger partial charge on any atom is 0.265 e. The first-order chi connectivity index (χ1) is 14.9. The van der Waals surface area contributed by atoms with Gasteiger partial charge in [0.1, 0.15) is 11.9 Å². The Morgan fingerprint density at radius 2 is 1.87 bits per heavy atom. The van der Waals surface area contributed by atoms with Gasteiger partial charge in [-0.05, 0) is 23.3 Å². The summed E-state index contributed by atoms with van der Waals surface area (Å²) in [7, 11) is 4.01. The van der Waals surface area contributed by atoms with Crippen molar-refractivity contribution in [2.24, 2.45) is 5.16 Å². The highest BCUT2D eigenvalue weighted by Crippen LogP contribution is 2.17. The summed E-state index contributed by atoms with van der Waals surface area (Å²) in [5.41, 5.74) is 2.21. The van der Waals surface area contributed by atoms with Crippen molar-refractivity contribution in [3.05, 3.63) is 71.5 Å². The zero-order valence-electron chi connectivity index (χ0n) is 17.7. The van der Waals surface area contributed by atoms with Crippen LogP contribution in [0.15, 0.2) is 59.8 Å². The third kappa shape index (κ3) is 6.62. The van der Waals surface area contributed by atoms with E-state index >= 15 is 0 Å². The molecule has 3 N–H and O–H groups in total. The number of likely N-dealkylation sites (N-methyl/N-ethyl adjacent to an activating group) is 1. The molecule has 1 aliphatic heterocycles. The van der Waals surface area contributed by atoms with E-state index in [0.29, 0.717) is 24.2 Å². The van der Waals surface area contributed by atoms with E-state index in [2.05, 4.69) is 15.8 Å². The predicted molar refractivity (Wildman–Crippen MR) is 115 cm³/mol. The molecule has 7 nitrogen and oxygen atoms in total. The lowest BCUT2D eigenvalue weighted by molar-refractivity contribution is -0.856. The van der Waals surface area contributed by atoms with Crippen LogP contribution in [0.3, 0.4) is 0 Å². The fourth-order valence-electron chi connectivity index (χ4n) is 3.21. The second kappa shape index (κ2) is 10.7. The van der Waals surface area contributed by atoms with Crippen LogP contribution in [0.2, 0.25) is 0 Å². The number of nitrogens with one attached hydrogen (secondary N) is 3. The summed E-state index contributed by atoms with van der Waals surface area (Å²) < 4.78 is 13.1. The van der Waals surface area contributed by atoms with Gasteiger partial charge in [0.15, 0.2) is 0 Å². The first-order valence-corrected chi connectivity index (χ1v) is 10.3. The summed E-state index contributed by atoms with van der Waals surface area (Å²) in [6, 6.07) is 14.6. The van der Waals surface area contributed by atoms with E-state index in [1.165, 1.54) is 17.0 Å². The number of rotatable bonds is 9. The summed E-state index contributed by atoms with van der Waals surface area (Å²) in [6.07, 6.45) is -0.218. The smallest absolute Gasteiger partial charge is 0.265 e. The van der Waals surface area contributed by atoms with E-state index in [1.54, 1.807) is 12.1 Å². The summed E-state index contributed by atoms with van der Waals surface area (Å²) in [5, 5.41) is 9.67. The molecule has 0 spiro atoms. The van der Waals surface area contributed by atoms with Crippen molar-refractivity contribution in [2.45, 2.75) is 25.0 Å². The lowest BCUT2D eigenvalue weighted by Gasteiger charge is -2.20. The van der Waals surface area contributed by atoms with Crippen molar-refractivity contribution in [3.63, 3.8) is 0 Å². The number of hydrogen-bond acceptors (Lipinski definition) is 4. The zero-order valence-corrected chi connectivity index (χ0v) is 17.7. The maximum absolute atomic E-state index is 13.1. The van der Waals surface area contributed by atoms with Crippen molar-refractivity contribution in [3.8, 4) is 0 Å². The molecule has 0 aromatic heterocycles. The molecule has 0 bridgehead atoms. The molecule has 2 amide bonds. The Balaban J connectivity index is 1.62. The Hall–Kier alpha value is -3.26. The number of benzene rings is 2. The highest BCUT2D eigenvalue weighted by molar-refractivity contribution is 6.04. The van der Waals surface area contributed by atoms with E-state index < -0.39 is 18.1 Å². The highest BCUT2D eigenvalue weighted by Gasteiger charge is 2.32. The van der Waals surface area contributed by atoms with Gasteiger partial charge in [-0.15, -0.1) is 0 Å². The van der Waals surface area contributed by atoms with Crippen LogP contribution < -0.4 is 15.5 Å². The van der Waals surface area contributed by atoms with Gasteiger partial charge < -0.3 is 20.4 Å². The largest absolute Gasteiger partial charge is 0.382 e. The molecule has 2 atom stereocenters. The number of nitrogens with zero attached hydrogens (tertiary/aromatic N) is 1. The van der Waals surface area contributed by atoms with Crippen LogP contribution in [-0.2, 0) is 20.8 Å². The average molecular weight is 428 g/mol. The first-order valence-electron chi connectivity index (χ1n) is 10.3. The van der Waals surface area contributed by atoms with Crippen LogP contribution in [0.25, 0.3) is 0 Å². The second-order valence-electron chi connectivity index (χ2n) is 7.84. The summed E-state index contributed by atoms with van der Waals surface area (Å²) >= 11 is 0. The van der Waals surface area contributed by atoms with Crippen LogP contribution in [0.5, 0.6) is 0 Å². The number of halogens is 1. The molecule has 1 heterocycles. The second-order valence-corrected chi connectivity index (χ2v) is 7.84. The van der Waals surface area contributed by atoms with Gasteiger partial charge >= 0.3 is 0 Å². The lowest BCUT2D eigenvalue weighted by atomic mass is 10.0. The number of quaternary nitrogens is 1. The van der Waals surface area contributed by atoms with Crippen LogP contribution in [0.4, 0.5) is 4.39 Å². The minimum absolute atomic E-state index is 0.240. The SMILES string of the molecule is C[NH+](C)CCNC(=O)[C@@H](Cc1ccccc1)NC(=O)[C@@H]1CC(c2ccc(F)cc2)=NO1. The molecule has 2 aromatic rings. The molecule has 2 aromatic carbocycles. The Labute approximate surface area is 181 Å². The van der Waals surface area contributed by atoms with E-state index in [1.807, 2.05) is 44.4 Å². The number of carbonyl (C=O) groups is 2. The van der Waals surface area contributed by atoms with Gasteiger partial charge in [0.2, 0.25) is 12.0 Å². The van der Waals surface area contributed by atoms with E-state index in [0.717, 1.165) is 12.1 Å². The van der Waals surface area contributed by atoms with E-state index in [9.17, 15) is 14.0 Å². The quantitative estimate of drug-likeness (QED) is 0.539. The fraction of sp³-hybridized carbons (Fsp3) is 0.348. The molecule has 0 unspecified atom stereocenters. The Bertz CT molecular complexity index is 916. The van der Waals surface area contributed by atoms with Gasteiger partial charge in [-0.25, -0.2) is 4.39 Å². The predicted octanol–water partition coefficient (Wildman–Crippen LogP) is 0.307. The standard InChI is InChI=1S/C23H27FN4O3/c1-28(2)13-12-25-22(29)20(14-16-6-4-3-5-7-16)26-23(30)21-15-19(27-31-21)17-8-10-18(24)11-9-17/h3-11,20-21H,12-15H2,1-2H3,(H,25,29)(H,26,30)/p+1/t20-,21+/m1/s1. The van der Waals surface area contributed by atoms with Crippen LogP contribution in [0.1, 0.15) is 17.5 Å². The third-order valence-corrected chi connectivity index (χ3v) is 4.98. The van der Waals surface area contributed by atoms with Gasteiger partial charge in [-0.3, -0.25) is 9.59 Å². The molecule has 3 rings (SSSR count). The van der Waals surface area contributed by atoms with Gasteiger partial charge in [0.05, 0.1) is 32.9 Å². The van der Waals surface area contributed by atoms with Gasteiger partial charge in [0, 0.05) is 12.8 Å². The Morgan fingerprint density at radius 3 is 2.55 bits per heavy atom. The normalized spacial score (nSPS) is 16.4. The first kappa shape index (κ1) is 22.4. The Morgan fingerprint density at radius 1 is 1.16 bits per heavy atom. The molecule has 8 heteroatoms. The molecule has 0 aliphatic carbocycles. The van der Waals surface area contributed by atoms with Crippen molar-refractivity contribution in [1.29, 1.82) is 0 Å². The third-order valence-electron chi connectivity index (χ3n) is 4.98. The number of oxime groups is 1. The minimum Gasteiger partial charge on any atom is -0.382 e. The maximum atomic E-state index is 13.1. The molecule has 0 radical (unpaired) electrons. The van der Waals surface area contributed by atoms with E-state index in [4.69, 9.17) is 4.84 Å². The fourth-order valence-corrected chi connectivity index (χ4v) is 3.21. The molecule has 164 valence electrons. The van der Waals surface area contributed by atoms with Gasteiger partial charge in [-0.2, -0.15) is 0 Å². The number of hydrogen-bond donors (Lipinski definition) is 3. The van der Waals surface area contributed by atoms with Gasteiger partial charge in [0.25, 0.3) is 5.91 Å². The molecular formula is C23H28FN4O3+. The molecule has 31 heavy (non-hydrogen) atoms. The van der Waals surface area contributed by atoms with Gasteiger partial charge in [-0.1, -0.05) is 47.6 Å². The zero-order chi connectivity index (χ0) is 22.2. The summed E-state index contributed by atoms with van der Waals surface area (Å²) in [5.74, 6) is -0.991. The molecule has 0 saturated heterocycles. The highest BCUT2D eigenvalue weighted by atomic mass is 19.1. The number of carbonyl (C=O) groups excluding carboxylic acids is 2. The average Bonchev–Trinajstić information content (AvgIpc) is 3.24. The summed E-state index contributed by atoms with van der Waals surface area (Å²) in [4.78, 5) is 32.1. The van der Waals surface area contributed by atoms with Crippen molar-refractivity contribution < 1.29 is 23.7 Å². The minimum atomic E-state index is -0.836. The Kier molecular flexibility index (Phi) is 7.72. The molecule has 1 aliphatic rings. The van der Waals surface area contributed by atoms with Crippen molar-refractivity contribution in [1.82, 2.24) is 10.6 Å². The van der Waals surface area contributed by atoms with Crippen molar-refractivity contribution in [2.75, 3.05) is 27.2 Å². The van der Waals surface area contributed by atoms with Crippen LogP contribution in [0, 0.1) is 5.82 Å². The van der Waals surface area contributed by atoms with Crippen molar-refractivity contribution >= 4 is 17.5 Å². The monoisotopic (exact) mass is 427 g/mol. The molecular weight excluding hydrogens is 399 g/mol. The summed E-state index contributed by atoms with van der Waals surface area (Å²) in [6.45, 7) is 1.29. The van der Waals surface area contributed by atoms with E-state index in [-0.39, 0.29) is 18.1 Å². The molecule has 0 fully saturated rings. The van der Waals surface area contributed by atoms with Crippen LogP contribution >= 0.6 is 0 Å². The topological polar surface area (TPSA) is 84.2 Å².